The van der Waals surface area contributed by atoms with Crippen molar-refractivity contribution in [1.29, 1.82) is 0 Å². The topological polar surface area (TPSA) is 20.2 Å². The molecule has 2 saturated carbocycles. The van der Waals surface area contributed by atoms with Crippen LogP contribution in [0.4, 0.5) is 0 Å². The summed E-state index contributed by atoms with van der Waals surface area (Å²) in [4.78, 5) is 1.22. The molecule has 0 bridgehead atoms. The third-order valence-corrected chi connectivity index (χ3v) is 6.31. The Bertz CT molecular complexity index is 486. The van der Waals surface area contributed by atoms with Crippen molar-refractivity contribution in [2.45, 2.75) is 24.9 Å². The Labute approximate surface area is 96.4 Å². The molecular weight excluding hydrogens is 224 g/mol. The van der Waals surface area contributed by atoms with E-state index in [2.05, 4.69) is 17.5 Å². The van der Waals surface area contributed by atoms with Crippen LogP contribution in [0.1, 0.15) is 24.1 Å². The van der Waals surface area contributed by atoms with E-state index in [4.69, 9.17) is 0 Å². The maximum absolute atomic E-state index is 10.6. The Kier molecular flexibility index (Phi) is 1.54. The average Bonchev–Trinajstić information content (AvgIpc) is 2.79. The lowest BCUT2D eigenvalue weighted by molar-refractivity contribution is 0.109. The molecule has 0 amide bonds. The Morgan fingerprint density at radius 1 is 1.27 bits per heavy atom. The zero-order chi connectivity index (χ0) is 10.0. The summed E-state index contributed by atoms with van der Waals surface area (Å²) < 4.78 is 2.68. The van der Waals surface area contributed by atoms with Crippen molar-refractivity contribution < 1.29 is 5.11 Å². The molecule has 2 aliphatic rings. The van der Waals surface area contributed by atoms with Gasteiger partial charge in [-0.1, -0.05) is 6.42 Å². The van der Waals surface area contributed by atoms with Gasteiger partial charge in [0.05, 0.1) is 0 Å². The normalized spacial score (nSPS) is 38.5. The molecule has 0 aromatic carbocycles. The van der Waals surface area contributed by atoms with Gasteiger partial charge < -0.3 is 5.11 Å². The van der Waals surface area contributed by atoms with Gasteiger partial charge in [0, 0.05) is 14.3 Å². The van der Waals surface area contributed by atoms with E-state index in [0.29, 0.717) is 11.8 Å². The number of hydrogen-bond donors (Lipinski definition) is 1. The first-order valence-corrected chi connectivity index (χ1v) is 7.19. The highest BCUT2D eigenvalue weighted by Crippen LogP contribution is 2.67. The van der Waals surface area contributed by atoms with Gasteiger partial charge in [-0.3, -0.25) is 0 Å². The summed E-state index contributed by atoms with van der Waals surface area (Å²) in [6, 6.07) is 4.37. The zero-order valence-corrected chi connectivity index (χ0v) is 9.90. The molecule has 0 spiro atoms. The first-order valence-electron chi connectivity index (χ1n) is 5.50. The molecular formula is C12H12OS2. The highest BCUT2D eigenvalue weighted by molar-refractivity contribution is 7.27. The van der Waals surface area contributed by atoms with Crippen LogP contribution in [0, 0.1) is 11.8 Å². The smallest absolute Gasteiger partial charge is 0.105 e. The van der Waals surface area contributed by atoms with Crippen LogP contribution in [0.25, 0.3) is 9.40 Å². The van der Waals surface area contributed by atoms with Crippen molar-refractivity contribution in [1.82, 2.24) is 0 Å². The van der Waals surface area contributed by atoms with Crippen molar-refractivity contribution in [3.05, 3.63) is 22.4 Å². The third-order valence-electron chi connectivity index (χ3n) is 4.07. The molecule has 2 heterocycles. The second-order valence-electron chi connectivity index (χ2n) is 4.73. The molecule has 78 valence electrons. The van der Waals surface area contributed by atoms with Gasteiger partial charge in [0.2, 0.25) is 0 Å². The van der Waals surface area contributed by atoms with Gasteiger partial charge in [-0.25, -0.2) is 0 Å². The van der Waals surface area contributed by atoms with E-state index < -0.39 is 5.60 Å². The van der Waals surface area contributed by atoms with Gasteiger partial charge in [-0.15, -0.1) is 22.7 Å². The minimum absolute atomic E-state index is 0.429. The fourth-order valence-electron chi connectivity index (χ4n) is 3.25. The average molecular weight is 236 g/mol. The van der Waals surface area contributed by atoms with Crippen LogP contribution in [0.2, 0.25) is 0 Å². The number of thiophene rings is 2. The van der Waals surface area contributed by atoms with Crippen LogP contribution < -0.4 is 0 Å². The summed E-state index contributed by atoms with van der Waals surface area (Å²) in [5.74, 6) is 1.15. The fraction of sp³-hybridized carbons (Fsp3) is 0.500. The molecule has 2 aromatic heterocycles. The fourth-order valence-corrected chi connectivity index (χ4v) is 5.58. The summed E-state index contributed by atoms with van der Waals surface area (Å²) in [5, 5.41) is 12.7. The lowest BCUT2D eigenvalue weighted by atomic mass is 10.1. The summed E-state index contributed by atoms with van der Waals surface area (Å²) in [5.41, 5.74) is -0.429. The van der Waals surface area contributed by atoms with Gasteiger partial charge >= 0.3 is 0 Å². The number of rotatable bonds is 1. The summed E-state index contributed by atoms with van der Waals surface area (Å²) >= 11 is 3.57. The van der Waals surface area contributed by atoms with Crippen molar-refractivity contribution in [2.75, 3.05) is 0 Å². The molecule has 1 N–H and O–H groups in total. The molecule has 3 heteroatoms. The monoisotopic (exact) mass is 236 g/mol. The van der Waals surface area contributed by atoms with Crippen molar-refractivity contribution >= 4 is 32.1 Å². The van der Waals surface area contributed by atoms with Crippen LogP contribution in [0.5, 0.6) is 0 Å². The Balaban J connectivity index is 1.82. The molecule has 2 aromatic rings. The predicted octanol–water partition coefficient (Wildman–Crippen LogP) is 3.58. The molecule has 0 radical (unpaired) electrons. The van der Waals surface area contributed by atoms with Crippen molar-refractivity contribution in [2.24, 2.45) is 11.8 Å². The first-order chi connectivity index (χ1) is 7.30. The summed E-state index contributed by atoms with van der Waals surface area (Å²) in [6.07, 6.45) is 3.77. The molecule has 2 atom stereocenters. The summed E-state index contributed by atoms with van der Waals surface area (Å²) in [6.45, 7) is 0. The van der Waals surface area contributed by atoms with E-state index in [0.717, 1.165) is 0 Å². The molecule has 0 saturated heterocycles. The highest BCUT2D eigenvalue weighted by atomic mass is 32.1. The Hall–Kier alpha value is -0.380. The quantitative estimate of drug-likeness (QED) is 0.802. The molecule has 4 rings (SSSR count). The highest BCUT2D eigenvalue weighted by Gasteiger charge is 2.66. The van der Waals surface area contributed by atoms with Gasteiger partial charge in [0.25, 0.3) is 0 Å². The molecule has 2 fully saturated rings. The molecule has 15 heavy (non-hydrogen) atoms. The molecule has 2 aliphatic carbocycles. The van der Waals surface area contributed by atoms with Crippen LogP contribution in [0.3, 0.4) is 0 Å². The minimum atomic E-state index is -0.429. The lowest BCUT2D eigenvalue weighted by Gasteiger charge is -2.11. The van der Waals surface area contributed by atoms with Gasteiger partial charge in [-0.05, 0) is 42.2 Å². The molecule has 2 unspecified atom stereocenters. The maximum Gasteiger partial charge on any atom is 0.105 e. The van der Waals surface area contributed by atoms with E-state index in [1.54, 1.807) is 22.7 Å². The second-order valence-corrected chi connectivity index (χ2v) is 6.76. The third kappa shape index (κ3) is 0.967. The van der Waals surface area contributed by atoms with Gasteiger partial charge in [0.15, 0.2) is 0 Å². The Morgan fingerprint density at radius 3 is 2.80 bits per heavy atom. The first kappa shape index (κ1) is 8.74. The molecule has 0 aliphatic heterocycles. The number of hydrogen-bond acceptors (Lipinski definition) is 3. The van der Waals surface area contributed by atoms with E-state index >= 15 is 0 Å². The summed E-state index contributed by atoms with van der Waals surface area (Å²) in [7, 11) is 0. The minimum Gasteiger partial charge on any atom is -0.384 e. The van der Waals surface area contributed by atoms with Crippen LogP contribution in [-0.2, 0) is 5.60 Å². The van der Waals surface area contributed by atoms with Gasteiger partial charge in [-0.2, -0.15) is 0 Å². The SMILES string of the molecule is OC1(c2cc3sccc3s2)C2CCCC21. The van der Waals surface area contributed by atoms with E-state index in [1.165, 1.54) is 33.5 Å². The number of aliphatic hydroxyl groups is 1. The van der Waals surface area contributed by atoms with E-state index in [-0.39, 0.29) is 0 Å². The van der Waals surface area contributed by atoms with E-state index in [1.807, 2.05) is 0 Å². The predicted molar refractivity (Wildman–Crippen MR) is 64.4 cm³/mol. The van der Waals surface area contributed by atoms with Crippen LogP contribution in [0.15, 0.2) is 17.5 Å². The Morgan fingerprint density at radius 2 is 2.07 bits per heavy atom. The second kappa shape index (κ2) is 2.65. The number of fused-ring (bicyclic) bond motifs is 2. The van der Waals surface area contributed by atoms with Crippen LogP contribution >= 0.6 is 22.7 Å². The standard InChI is InChI=1S/C12H12OS2/c13-12(7-2-1-3-8(7)12)11-6-10-9(15-11)4-5-14-10/h4-8,13H,1-3H2. The van der Waals surface area contributed by atoms with Crippen molar-refractivity contribution in [3.8, 4) is 0 Å². The molecule has 1 nitrogen and oxygen atoms in total. The van der Waals surface area contributed by atoms with Crippen LogP contribution in [-0.4, -0.2) is 5.11 Å². The maximum atomic E-state index is 10.6. The lowest BCUT2D eigenvalue weighted by Crippen LogP contribution is -2.10. The van der Waals surface area contributed by atoms with E-state index in [9.17, 15) is 5.11 Å². The van der Waals surface area contributed by atoms with Crippen molar-refractivity contribution in [3.63, 3.8) is 0 Å². The largest absolute Gasteiger partial charge is 0.384 e. The van der Waals surface area contributed by atoms with Gasteiger partial charge in [0.1, 0.15) is 5.60 Å². The zero-order valence-electron chi connectivity index (χ0n) is 8.27.